The van der Waals surface area contributed by atoms with Gasteiger partial charge in [-0.1, -0.05) is 94.8 Å². The highest BCUT2D eigenvalue weighted by molar-refractivity contribution is 7.90. The first-order valence-electron chi connectivity index (χ1n) is 12.3. The van der Waals surface area contributed by atoms with Crippen molar-refractivity contribution in [3.8, 4) is 0 Å². The van der Waals surface area contributed by atoms with E-state index in [9.17, 15) is 4.55 Å². The van der Waals surface area contributed by atoms with Crippen LogP contribution >= 0.6 is 0 Å². The second-order valence-corrected chi connectivity index (χ2v) is 17.7. The topological polar surface area (TPSA) is 44.3 Å². The van der Waals surface area contributed by atoms with E-state index in [4.69, 9.17) is 4.43 Å². The average molecular weight is 488 g/mol. The zero-order valence-electron chi connectivity index (χ0n) is 22.0. The summed E-state index contributed by atoms with van der Waals surface area (Å²) in [4.78, 5) is 0. The maximum Gasteiger partial charge on any atom is 0.261 e. The van der Waals surface area contributed by atoms with E-state index in [1.807, 2.05) is 20.8 Å². The molecule has 0 aliphatic heterocycles. The van der Waals surface area contributed by atoms with E-state index in [0.717, 1.165) is 25.7 Å². The van der Waals surface area contributed by atoms with E-state index >= 15 is 0 Å². The van der Waals surface area contributed by atoms with E-state index in [0.29, 0.717) is 6.61 Å². The summed E-state index contributed by atoms with van der Waals surface area (Å²) in [6, 6.07) is 21.6. The smallest absolute Gasteiger partial charge is 0.261 e. The van der Waals surface area contributed by atoms with Crippen LogP contribution < -0.4 is 15.1 Å². The first-order valence-corrected chi connectivity index (χ1v) is 15.4. The van der Waals surface area contributed by atoms with Crippen LogP contribution in [0.25, 0.3) is 0 Å². The molecule has 0 spiro atoms. The van der Waals surface area contributed by atoms with Gasteiger partial charge in [-0.25, -0.2) is 0 Å². The lowest BCUT2D eigenvalue weighted by Gasteiger charge is -2.43. The van der Waals surface area contributed by atoms with Crippen LogP contribution in [0.2, 0.25) is 5.04 Å². The van der Waals surface area contributed by atoms with E-state index in [-0.39, 0.29) is 15.3 Å². The number of benzene rings is 2. The van der Waals surface area contributed by atoms with Crippen molar-refractivity contribution in [1.82, 2.24) is 4.72 Å². The molecule has 5 heteroatoms. The first-order chi connectivity index (χ1) is 15.4. The summed E-state index contributed by atoms with van der Waals surface area (Å²) in [6.45, 7) is 18.1. The summed E-state index contributed by atoms with van der Waals surface area (Å²) in [5.41, 5.74) is -0.165. The Labute approximate surface area is 207 Å². The third-order valence-corrected chi connectivity index (χ3v) is 13.1. The molecule has 33 heavy (non-hydrogen) atoms. The van der Waals surface area contributed by atoms with Crippen LogP contribution in [-0.2, 0) is 15.8 Å². The molecule has 2 aromatic rings. The van der Waals surface area contributed by atoms with Crippen LogP contribution in [0.5, 0.6) is 0 Å². The van der Waals surface area contributed by atoms with Gasteiger partial charge in [0.25, 0.3) is 8.32 Å². The molecule has 0 radical (unpaired) electrons. The Morgan fingerprint density at radius 2 is 1.30 bits per heavy atom. The first kappa shape index (κ1) is 28.1. The molecule has 0 amide bonds. The third-order valence-electron chi connectivity index (χ3n) is 6.31. The van der Waals surface area contributed by atoms with Crippen molar-refractivity contribution in [1.29, 1.82) is 0 Å². The largest absolute Gasteiger partial charge is 0.598 e. The van der Waals surface area contributed by atoms with Crippen molar-refractivity contribution < 1.29 is 8.98 Å². The fraction of sp³-hybridized carbons (Fsp3) is 0.571. The van der Waals surface area contributed by atoms with Gasteiger partial charge in [0.1, 0.15) is 4.75 Å². The second-order valence-electron chi connectivity index (χ2n) is 11.4. The molecule has 0 heterocycles. The quantitative estimate of drug-likeness (QED) is 0.242. The van der Waals surface area contributed by atoms with Crippen LogP contribution in [0.15, 0.2) is 60.7 Å². The molecular weight excluding hydrogens is 442 g/mol. The van der Waals surface area contributed by atoms with Gasteiger partial charge in [0.2, 0.25) is 0 Å². The fourth-order valence-electron chi connectivity index (χ4n) is 4.60. The zero-order chi connectivity index (χ0) is 24.8. The Morgan fingerprint density at radius 3 is 1.70 bits per heavy atom. The van der Waals surface area contributed by atoms with Gasteiger partial charge in [0.15, 0.2) is 0 Å². The summed E-state index contributed by atoms with van der Waals surface area (Å²) in [5.74, 6) is 0. The lowest BCUT2D eigenvalue weighted by Crippen LogP contribution is -2.66. The lowest BCUT2D eigenvalue weighted by atomic mass is 9.92. The van der Waals surface area contributed by atoms with Crippen LogP contribution in [0.1, 0.15) is 81.1 Å². The maximum absolute atomic E-state index is 12.8. The molecule has 2 aromatic carbocycles. The molecule has 0 aromatic heterocycles. The molecule has 0 aliphatic rings. The van der Waals surface area contributed by atoms with Crippen molar-refractivity contribution >= 4 is 30.1 Å². The summed E-state index contributed by atoms with van der Waals surface area (Å²) < 4.78 is 23.0. The van der Waals surface area contributed by atoms with Gasteiger partial charge in [-0.15, -0.1) is 4.72 Å². The maximum atomic E-state index is 12.8. The summed E-state index contributed by atoms with van der Waals surface area (Å²) >= 11 is -1.09. The highest BCUT2D eigenvalue weighted by Gasteiger charge is 2.50. The number of rotatable bonds is 11. The number of hydrogen-bond donors (Lipinski definition) is 1. The normalized spacial score (nSPS) is 15.8. The summed E-state index contributed by atoms with van der Waals surface area (Å²) in [6.07, 6.45) is 3.91. The molecule has 2 atom stereocenters. The monoisotopic (exact) mass is 487 g/mol. The predicted molar refractivity (Wildman–Crippen MR) is 147 cm³/mol. The number of nitrogens with one attached hydrogen (secondary N) is 1. The molecule has 0 saturated carbocycles. The van der Waals surface area contributed by atoms with Gasteiger partial charge in [0, 0.05) is 18.0 Å². The number of hydrogen-bond acceptors (Lipinski definition) is 3. The lowest BCUT2D eigenvalue weighted by molar-refractivity contribution is 0.257. The van der Waals surface area contributed by atoms with Gasteiger partial charge in [-0.3, -0.25) is 0 Å². The Morgan fingerprint density at radius 1 is 0.818 bits per heavy atom. The molecule has 184 valence electrons. The molecule has 3 nitrogen and oxygen atoms in total. The Kier molecular flexibility index (Phi) is 9.84. The third kappa shape index (κ3) is 7.19. The Bertz CT molecular complexity index is 793. The molecule has 0 saturated heterocycles. The minimum atomic E-state index is -2.51. The van der Waals surface area contributed by atoms with E-state index in [1.54, 1.807) is 0 Å². The molecule has 0 fully saturated rings. The van der Waals surface area contributed by atoms with Gasteiger partial charge < -0.3 is 8.98 Å². The van der Waals surface area contributed by atoms with E-state index < -0.39 is 19.7 Å². The molecular formula is C28H45NO2SSi. The molecule has 0 aliphatic carbocycles. The summed E-state index contributed by atoms with van der Waals surface area (Å²) in [7, 11) is -2.51. The summed E-state index contributed by atoms with van der Waals surface area (Å²) in [5, 5.41) is 2.60. The van der Waals surface area contributed by atoms with Crippen molar-refractivity contribution in [2.45, 2.75) is 96.4 Å². The molecule has 2 unspecified atom stereocenters. The van der Waals surface area contributed by atoms with Crippen LogP contribution in [0.3, 0.4) is 0 Å². The van der Waals surface area contributed by atoms with Crippen molar-refractivity contribution in [2.24, 2.45) is 0 Å². The highest BCUT2D eigenvalue weighted by atomic mass is 32.2. The van der Waals surface area contributed by atoms with E-state index in [2.05, 4.69) is 100 Å². The van der Waals surface area contributed by atoms with Crippen LogP contribution in [0.4, 0.5) is 0 Å². The highest BCUT2D eigenvalue weighted by Crippen LogP contribution is 2.37. The SMILES string of the molecule is CCCC(C)(CCCO[Si](c1ccccc1)(c1ccccc1)C(C)(C)C)N[S+]([O-])C(C)(C)C. The van der Waals surface area contributed by atoms with Crippen molar-refractivity contribution in [2.75, 3.05) is 6.61 Å². The molecule has 0 bridgehead atoms. The molecule has 2 rings (SSSR count). The van der Waals surface area contributed by atoms with E-state index in [1.165, 1.54) is 10.4 Å². The van der Waals surface area contributed by atoms with Crippen LogP contribution in [0, 0.1) is 0 Å². The minimum Gasteiger partial charge on any atom is -0.598 e. The molecule has 1 N–H and O–H groups in total. The predicted octanol–water partition coefficient (Wildman–Crippen LogP) is 5.95. The minimum absolute atomic E-state index is 0.0194. The fourth-order valence-corrected chi connectivity index (χ4v) is 10.2. The second kappa shape index (κ2) is 11.5. The zero-order valence-corrected chi connectivity index (χ0v) is 23.9. The average Bonchev–Trinajstić information content (AvgIpc) is 2.73. The van der Waals surface area contributed by atoms with Crippen molar-refractivity contribution in [3.05, 3.63) is 60.7 Å². The Hall–Kier alpha value is -1.11. The van der Waals surface area contributed by atoms with Gasteiger partial charge in [-0.2, -0.15) is 0 Å². The van der Waals surface area contributed by atoms with Gasteiger partial charge in [-0.05, 0) is 62.4 Å². The van der Waals surface area contributed by atoms with Gasteiger partial charge in [0.05, 0.1) is 5.54 Å². The Balaban J connectivity index is 2.26. The van der Waals surface area contributed by atoms with Gasteiger partial charge >= 0.3 is 0 Å². The van der Waals surface area contributed by atoms with Crippen molar-refractivity contribution in [3.63, 3.8) is 0 Å². The van der Waals surface area contributed by atoms with Crippen LogP contribution in [-0.4, -0.2) is 29.8 Å². The standard InChI is InChI=1S/C28H45NO2SSi/c1-9-21-28(8,29-32(30)26(2,3)4)22-16-23-31-33(27(5,6)7,24-17-12-10-13-18-24)25-19-14-11-15-20-25/h10-15,17-20,29H,9,16,21-23H2,1-8H3.